The highest BCUT2D eigenvalue weighted by Gasteiger charge is 2.53. The van der Waals surface area contributed by atoms with E-state index in [1.165, 1.54) is 30.5 Å². The zero-order chi connectivity index (χ0) is 33.5. The molecule has 3 aromatic rings. The number of methoxy groups -OCH3 is 1. The summed E-state index contributed by atoms with van der Waals surface area (Å²) in [4.78, 5) is 74.3. The van der Waals surface area contributed by atoms with Gasteiger partial charge >= 0.3 is 0 Å². The average Bonchev–Trinajstić information content (AvgIpc) is 3.55. The van der Waals surface area contributed by atoms with Crippen molar-refractivity contribution in [2.24, 2.45) is 5.16 Å². The van der Waals surface area contributed by atoms with Gasteiger partial charge in [-0.25, -0.2) is 4.39 Å². The van der Waals surface area contributed by atoms with E-state index in [9.17, 15) is 43.7 Å². The van der Waals surface area contributed by atoms with Crippen LogP contribution in [0.4, 0.5) is 4.39 Å². The highest BCUT2D eigenvalue weighted by Crippen LogP contribution is 2.55. The molecule has 4 aliphatic carbocycles. The second-order valence-corrected chi connectivity index (χ2v) is 12.2. The van der Waals surface area contributed by atoms with Crippen molar-refractivity contribution >= 4 is 51.1 Å². The Hall–Kier alpha value is -5.38. The third-order valence-corrected chi connectivity index (χ3v) is 10.0. The molecule has 2 aromatic carbocycles. The van der Waals surface area contributed by atoms with E-state index < -0.39 is 82.4 Å². The first-order valence-corrected chi connectivity index (χ1v) is 15.1. The first-order valence-electron chi connectivity index (χ1n) is 14.0. The number of aromatic amines is 1. The molecule has 0 amide bonds. The number of aromatic hydroxyl groups is 1. The third kappa shape index (κ3) is 4.10. The minimum atomic E-state index is -2.01. The van der Waals surface area contributed by atoms with Gasteiger partial charge in [-0.2, -0.15) is 0 Å². The van der Waals surface area contributed by atoms with Crippen LogP contribution in [0.15, 0.2) is 65.5 Å². The molecule has 14 heteroatoms. The molecule has 4 aliphatic rings. The number of oxime groups is 1. The summed E-state index contributed by atoms with van der Waals surface area (Å²) in [5.41, 5.74) is -5.81. The number of H-pyrrole nitrogens is 1. The van der Waals surface area contributed by atoms with Crippen LogP contribution in [0.5, 0.6) is 11.5 Å². The van der Waals surface area contributed by atoms with E-state index in [1.807, 2.05) is 22.6 Å². The summed E-state index contributed by atoms with van der Waals surface area (Å²) >= 11 is 1.96. The average molecular weight is 750 g/mol. The number of pyridine rings is 1. The number of nitrogens with one attached hydrogen (secondary N) is 1. The van der Waals surface area contributed by atoms with E-state index in [0.29, 0.717) is 20.1 Å². The maximum atomic E-state index is 13.7. The number of phenols is 1. The Kier molecular flexibility index (Phi) is 6.82. The van der Waals surface area contributed by atoms with Gasteiger partial charge in [-0.05, 0) is 64.8 Å². The SMILES string of the molecule is COc1cc(=O)c2c(=O)c3c(c(=O)c=2c1=O)=C(O)[C@]1(CCc2c1c(O)c1c(=O)[nH]c(/C=N/OCc4ccc(F)cc4)cc1c2I)C=3O. The van der Waals surface area contributed by atoms with Crippen LogP contribution in [0.1, 0.15) is 28.8 Å². The number of benzene rings is 2. The molecule has 0 radical (unpaired) electrons. The van der Waals surface area contributed by atoms with Gasteiger partial charge in [-0.1, -0.05) is 17.3 Å². The molecule has 4 N–H and O–H groups in total. The van der Waals surface area contributed by atoms with Crippen LogP contribution in [0.2, 0.25) is 0 Å². The Labute approximate surface area is 273 Å². The van der Waals surface area contributed by atoms with Gasteiger partial charge in [-0.3, -0.25) is 24.0 Å². The van der Waals surface area contributed by atoms with Crippen LogP contribution in [0.3, 0.4) is 0 Å². The van der Waals surface area contributed by atoms with Crippen LogP contribution >= 0.6 is 22.6 Å². The Morgan fingerprint density at radius 2 is 1.62 bits per heavy atom. The lowest BCUT2D eigenvalue weighted by atomic mass is 9.78. The number of rotatable bonds is 5. The van der Waals surface area contributed by atoms with E-state index in [-0.39, 0.29) is 36.1 Å². The molecule has 0 aliphatic heterocycles. The summed E-state index contributed by atoms with van der Waals surface area (Å²) in [5, 5.41) is 36.0. The lowest BCUT2D eigenvalue weighted by molar-refractivity contribution is 0.132. The Balaban J connectivity index is 1.42. The highest BCUT2D eigenvalue weighted by atomic mass is 127. The fraction of sp³-hybridized carbons (Fsp3) is 0.152. The minimum absolute atomic E-state index is 0.0381. The summed E-state index contributed by atoms with van der Waals surface area (Å²) in [6, 6.07) is 7.95. The molecule has 47 heavy (non-hydrogen) atoms. The zero-order valence-electron chi connectivity index (χ0n) is 24.1. The molecular weight excluding hydrogens is 730 g/mol. The monoisotopic (exact) mass is 750 g/mol. The number of ether oxygens (including phenoxy) is 1. The number of aliphatic hydroxyl groups excluding tert-OH is 2. The largest absolute Gasteiger partial charge is 0.510 e. The Morgan fingerprint density at radius 1 is 0.957 bits per heavy atom. The predicted octanol–water partition coefficient (Wildman–Crippen LogP) is 0.808. The van der Waals surface area contributed by atoms with E-state index in [1.54, 1.807) is 6.07 Å². The lowest BCUT2D eigenvalue weighted by Gasteiger charge is -2.27. The summed E-state index contributed by atoms with van der Waals surface area (Å²) in [7, 11) is 1.11. The Bertz CT molecular complexity index is 2740. The molecule has 7 rings (SSSR count). The fourth-order valence-corrected chi connectivity index (χ4v) is 7.63. The molecule has 0 bridgehead atoms. The van der Waals surface area contributed by atoms with Gasteiger partial charge in [0.25, 0.3) is 5.56 Å². The van der Waals surface area contributed by atoms with Gasteiger partial charge in [0, 0.05) is 20.6 Å². The molecule has 1 spiro atoms. The van der Waals surface area contributed by atoms with E-state index in [4.69, 9.17) is 9.57 Å². The van der Waals surface area contributed by atoms with Crippen LogP contribution in [-0.2, 0) is 23.3 Å². The van der Waals surface area contributed by atoms with Crippen LogP contribution in [0.25, 0.3) is 22.3 Å². The lowest BCUT2D eigenvalue weighted by Crippen LogP contribution is -2.51. The number of phenolic OH excluding ortho intramolecular Hbond substituents is 1. The van der Waals surface area contributed by atoms with Crippen LogP contribution < -0.4 is 42.4 Å². The molecule has 1 aromatic heterocycles. The van der Waals surface area contributed by atoms with Crippen LogP contribution in [-0.4, -0.2) is 33.6 Å². The predicted molar refractivity (Wildman–Crippen MR) is 175 cm³/mol. The number of hydrogen-bond donors (Lipinski definition) is 4. The molecule has 12 nitrogen and oxygen atoms in total. The minimum Gasteiger partial charge on any atom is -0.510 e. The summed E-state index contributed by atoms with van der Waals surface area (Å²) in [5.74, 6) is -3.02. The second-order valence-electron chi connectivity index (χ2n) is 11.2. The normalized spacial score (nSPS) is 16.9. The molecule has 1 atom stereocenters. The van der Waals surface area contributed by atoms with Crippen molar-refractivity contribution in [2.75, 3.05) is 7.11 Å². The van der Waals surface area contributed by atoms with Crippen molar-refractivity contribution in [3.05, 3.63) is 140 Å². The van der Waals surface area contributed by atoms with E-state index in [2.05, 4.69) is 10.1 Å². The molecule has 0 unspecified atom stereocenters. The maximum Gasteiger partial charge on any atom is 0.260 e. The van der Waals surface area contributed by atoms with Crippen molar-refractivity contribution in [1.82, 2.24) is 4.98 Å². The topological polar surface area (TPSA) is 193 Å². The maximum absolute atomic E-state index is 13.7. The van der Waals surface area contributed by atoms with Crippen molar-refractivity contribution in [1.29, 1.82) is 0 Å². The van der Waals surface area contributed by atoms with Gasteiger partial charge in [0.1, 0.15) is 35.1 Å². The van der Waals surface area contributed by atoms with Crippen molar-refractivity contribution < 1.29 is 29.3 Å². The third-order valence-electron chi connectivity index (χ3n) is 8.79. The van der Waals surface area contributed by atoms with Crippen molar-refractivity contribution in [3.8, 4) is 11.5 Å². The zero-order valence-corrected chi connectivity index (χ0v) is 26.2. The van der Waals surface area contributed by atoms with Gasteiger partial charge in [0.2, 0.25) is 16.3 Å². The van der Waals surface area contributed by atoms with Gasteiger partial charge in [0.15, 0.2) is 11.2 Å². The first-order chi connectivity index (χ1) is 22.4. The molecular formula is C33H20FIN2O10. The van der Waals surface area contributed by atoms with Gasteiger partial charge in [0.05, 0.1) is 45.3 Å². The standard InChI is InChI=1S/C33H20FIN2O10/c1-46-18-9-17(38)20-21(26(18)39)28(41)23-22(27(20)40)30(43)33(31(23)44)7-6-15-24(33)29(42)19-16(25(15)35)8-14(37-32(19)45)10-36-47-11-12-2-4-13(34)5-3-12/h2-5,8-10,42-44H,6-7,11H2,1H3,(H,37,45)/b36-10+/t33-/m0/s1. The smallest absolute Gasteiger partial charge is 0.260 e. The Morgan fingerprint density at radius 3 is 2.28 bits per heavy atom. The number of nitrogens with zero attached hydrogens (tertiary/aromatic N) is 1. The summed E-state index contributed by atoms with van der Waals surface area (Å²) in [6.07, 6.45) is 1.26. The summed E-state index contributed by atoms with van der Waals surface area (Å²) < 4.78 is 18.5. The van der Waals surface area contributed by atoms with E-state index >= 15 is 0 Å². The molecule has 0 saturated heterocycles. The molecule has 0 fully saturated rings. The molecule has 236 valence electrons. The quantitative estimate of drug-likeness (QED) is 0.114. The summed E-state index contributed by atoms with van der Waals surface area (Å²) in [6.45, 7) is 0.0381. The second kappa shape index (κ2) is 10.6. The number of aliphatic hydroxyl groups is 2. The number of fused-ring (bicyclic) bond motifs is 4. The number of hydrogen-bond acceptors (Lipinski definition) is 11. The fourth-order valence-electron chi connectivity index (χ4n) is 6.67. The van der Waals surface area contributed by atoms with Gasteiger partial charge < -0.3 is 29.9 Å². The number of aromatic nitrogens is 1. The molecule has 1 heterocycles. The highest BCUT2D eigenvalue weighted by molar-refractivity contribution is 14.1. The number of halogens is 2. The van der Waals surface area contributed by atoms with Crippen molar-refractivity contribution in [3.63, 3.8) is 0 Å². The molecule has 0 saturated carbocycles. The van der Waals surface area contributed by atoms with Crippen molar-refractivity contribution in [2.45, 2.75) is 24.9 Å². The van der Waals surface area contributed by atoms with Gasteiger partial charge in [-0.15, -0.1) is 0 Å². The van der Waals surface area contributed by atoms with Crippen LogP contribution in [0, 0.1) is 19.8 Å². The van der Waals surface area contributed by atoms with E-state index in [0.717, 1.165) is 13.2 Å². The first kappa shape index (κ1) is 30.3.